The quantitative estimate of drug-likeness (QED) is 0.475. The lowest BCUT2D eigenvalue weighted by molar-refractivity contribution is 0.167. The van der Waals surface area contributed by atoms with Crippen LogP contribution in [0.5, 0.6) is 0 Å². The van der Waals surface area contributed by atoms with Gasteiger partial charge in [-0.25, -0.2) is 4.98 Å². The molecule has 1 saturated heterocycles. The molecule has 2 heterocycles. The second kappa shape index (κ2) is 9.23. The standard InChI is InChI=1S/C17H31N5S/c1-13(2)22-10-7-15(8-11-22)21-17(18-4)19-9-5-6-16-20-14(3)12-23-16/h12-13,15H,5-11H2,1-4H3,(H2,18,19,21). The number of nitrogens with zero attached hydrogens (tertiary/aromatic N) is 3. The highest BCUT2D eigenvalue weighted by molar-refractivity contribution is 7.09. The third-order valence-corrected chi connectivity index (χ3v) is 5.38. The van der Waals surface area contributed by atoms with Gasteiger partial charge >= 0.3 is 0 Å². The highest BCUT2D eigenvalue weighted by Crippen LogP contribution is 2.13. The summed E-state index contributed by atoms with van der Waals surface area (Å²) in [6.45, 7) is 9.89. The lowest BCUT2D eigenvalue weighted by Gasteiger charge is -2.35. The van der Waals surface area contributed by atoms with Gasteiger partial charge in [-0.2, -0.15) is 0 Å². The van der Waals surface area contributed by atoms with E-state index < -0.39 is 0 Å². The number of hydrogen-bond acceptors (Lipinski definition) is 4. The average Bonchev–Trinajstić information content (AvgIpc) is 2.96. The van der Waals surface area contributed by atoms with Gasteiger partial charge in [-0.3, -0.25) is 4.99 Å². The lowest BCUT2D eigenvalue weighted by Crippen LogP contribution is -2.50. The summed E-state index contributed by atoms with van der Waals surface area (Å²) in [5.74, 6) is 0.934. The number of rotatable bonds is 6. The fraction of sp³-hybridized carbons (Fsp3) is 0.765. The van der Waals surface area contributed by atoms with E-state index in [9.17, 15) is 0 Å². The highest BCUT2D eigenvalue weighted by atomic mass is 32.1. The summed E-state index contributed by atoms with van der Waals surface area (Å²) in [6.07, 6.45) is 4.50. The molecule has 1 aromatic rings. The van der Waals surface area contributed by atoms with Crippen LogP contribution in [0.15, 0.2) is 10.4 Å². The highest BCUT2D eigenvalue weighted by Gasteiger charge is 2.21. The molecule has 130 valence electrons. The molecule has 0 aromatic carbocycles. The Morgan fingerprint density at radius 2 is 2.17 bits per heavy atom. The predicted molar refractivity (Wildman–Crippen MR) is 99.4 cm³/mol. The van der Waals surface area contributed by atoms with Crippen LogP contribution >= 0.6 is 11.3 Å². The van der Waals surface area contributed by atoms with Gasteiger partial charge < -0.3 is 15.5 Å². The van der Waals surface area contributed by atoms with E-state index in [0.717, 1.165) is 31.0 Å². The zero-order chi connectivity index (χ0) is 16.7. The van der Waals surface area contributed by atoms with Gasteiger partial charge in [0.1, 0.15) is 0 Å². The van der Waals surface area contributed by atoms with Crippen LogP contribution in [-0.2, 0) is 6.42 Å². The van der Waals surface area contributed by atoms with Crippen molar-refractivity contribution in [3.8, 4) is 0 Å². The van der Waals surface area contributed by atoms with Crippen LogP contribution in [0.3, 0.4) is 0 Å². The maximum atomic E-state index is 4.50. The van der Waals surface area contributed by atoms with Gasteiger partial charge in [0.15, 0.2) is 5.96 Å². The second-order valence-electron chi connectivity index (χ2n) is 6.53. The molecule has 0 spiro atoms. The maximum absolute atomic E-state index is 4.50. The largest absolute Gasteiger partial charge is 0.356 e. The molecular weight excluding hydrogens is 306 g/mol. The van der Waals surface area contributed by atoms with Crippen molar-refractivity contribution in [3.63, 3.8) is 0 Å². The summed E-state index contributed by atoms with van der Waals surface area (Å²) < 4.78 is 0. The maximum Gasteiger partial charge on any atom is 0.191 e. The summed E-state index contributed by atoms with van der Waals surface area (Å²) in [5, 5.41) is 10.3. The van der Waals surface area contributed by atoms with Crippen molar-refractivity contribution in [1.82, 2.24) is 20.5 Å². The molecule has 2 rings (SSSR count). The van der Waals surface area contributed by atoms with Crippen LogP contribution in [0, 0.1) is 6.92 Å². The minimum Gasteiger partial charge on any atom is -0.356 e. The number of aromatic nitrogens is 1. The van der Waals surface area contributed by atoms with E-state index in [1.165, 1.54) is 30.9 Å². The summed E-state index contributed by atoms with van der Waals surface area (Å²) in [4.78, 5) is 11.4. The van der Waals surface area contributed by atoms with E-state index in [0.29, 0.717) is 12.1 Å². The smallest absolute Gasteiger partial charge is 0.191 e. The van der Waals surface area contributed by atoms with Crippen molar-refractivity contribution in [1.29, 1.82) is 0 Å². The molecule has 1 aliphatic rings. The monoisotopic (exact) mass is 337 g/mol. The van der Waals surface area contributed by atoms with Crippen LogP contribution in [0.2, 0.25) is 0 Å². The van der Waals surface area contributed by atoms with E-state index in [4.69, 9.17) is 0 Å². The fourth-order valence-electron chi connectivity index (χ4n) is 2.91. The number of hydrogen-bond donors (Lipinski definition) is 2. The summed E-state index contributed by atoms with van der Waals surface area (Å²) >= 11 is 1.76. The minimum atomic E-state index is 0.540. The number of piperidine rings is 1. The number of guanidine groups is 1. The van der Waals surface area contributed by atoms with Crippen molar-refractivity contribution >= 4 is 17.3 Å². The number of aliphatic imine (C=N–C) groups is 1. The average molecular weight is 338 g/mol. The molecule has 1 aromatic heterocycles. The number of nitrogens with one attached hydrogen (secondary N) is 2. The third kappa shape index (κ3) is 6.11. The van der Waals surface area contributed by atoms with Crippen LogP contribution in [-0.4, -0.2) is 54.6 Å². The Kier molecular flexibility index (Phi) is 7.30. The predicted octanol–water partition coefficient (Wildman–Crippen LogP) is 2.42. The summed E-state index contributed by atoms with van der Waals surface area (Å²) in [6, 6.07) is 1.20. The zero-order valence-corrected chi connectivity index (χ0v) is 15.7. The summed E-state index contributed by atoms with van der Waals surface area (Å²) in [5.41, 5.74) is 1.13. The van der Waals surface area contributed by atoms with E-state index in [-0.39, 0.29) is 0 Å². The molecule has 0 amide bonds. The molecule has 6 heteroatoms. The minimum absolute atomic E-state index is 0.540. The Morgan fingerprint density at radius 3 is 2.74 bits per heavy atom. The van der Waals surface area contributed by atoms with Crippen molar-refractivity contribution < 1.29 is 0 Å². The van der Waals surface area contributed by atoms with Crippen molar-refractivity contribution in [3.05, 3.63) is 16.1 Å². The molecule has 0 atom stereocenters. The molecular formula is C17H31N5S. The van der Waals surface area contributed by atoms with Gasteiger partial charge in [-0.05, 0) is 40.0 Å². The molecule has 5 nitrogen and oxygen atoms in total. The molecule has 0 aliphatic carbocycles. The second-order valence-corrected chi connectivity index (χ2v) is 7.48. The van der Waals surface area contributed by atoms with E-state index in [2.05, 4.69) is 51.7 Å². The van der Waals surface area contributed by atoms with Crippen molar-refractivity contribution in [2.24, 2.45) is 4.99 Å². The van der Waals surface area contributed by atoms with Crippen LogP contribution in [0.4, 0.5) is 0 Å². The fourth-order valence-corrected chi connectivity index (χ4v) is 3.73. The zero-order valence-electron chi connectivity index (χ0n) is 14.9. The molecule has 0 bridgehead atoms. The molecule has 0 saturated carbocycles. The first-order valence-electron chi connectivity index (χ1n) is 8.70. The molecule has 0 unspecified atom stereocenters. The Labute approximate surface area is 144 Å². The van der Waals surface area contributed by atoms with Crippen molar-refractivity contribution in [2.75, 3.05) is 26.7 Å². The van der Waals surface area contributed by atoms with Gasteiger partial charge in [0, 0.05) is 56.3 Å². The van der Waals surface area contributed by atoms with E-state index in [1.807, 2.05) is 7.05 Å². The topological polar surface area (TPSA) is 52.6 Å². The lowest BCUT2D eigenvalue weighted by atomic mass is 10.0. The van der Waals surface area contributed by atoms with Gasteiger partial charge in [0.05, 0.1) is 5.01 Å². The van der Waals surface area contributed by atoms with Crippen molar-refractivity contribution in [2.45, 2.75) is 58.5 Å². The third-order valence-electron chi connectivity index (χ3n) is 4.35. The van der Waals surface area contributed by atoms with Crippen LogP contribution in [0.1, 0.15) is 43.8 Å². The Balaban J connectivity index is 1.64. The Bertz CT molecular complexity index is 489. The van der Waals surface area contributed by atoms with Crippen LogP contribution in [0.25, 0.3) is 0 Å². The Morgan fingerprint density at radius 1 is 1.43 bits per heavy atom. The van der Waals surface area contributed by atoms with E-state index in [1.54, 1.807) is 11.3 Å². The van der Waals surface area contributed by atoms with Gasteiger partial charge in [0.25, 0.3) is 0 Å². The number of likely N-dealkylation sites (tertiary alicyclic amines) is 1. The first kappa shape index (κ1) is 18.2. The normalized spacial score (nSPS) is 17.7. The number of thiazole rings is 1. The van der Waals surface area contributed by atoms with Gasteiger partial charge in [-0.1, -0.05) is 0 Å². The van der Waals surface area contributed by atoms with Gasteiger partial charge in [-0.15, -0.1) is 11.3 Å². The first-order chi connectivity index (χ1) is 11.1. The first-order valence-corrected chi connectivity index (χ1v) is 9.58. The van der Waals surface area contributed by atoms with E-state index >= 15 is 0 Å². The molecule has 1 fully saturated rings. The Hall–Kier alpha value is -1.14. The van der Waals surface area contributed by atoms with Crippen LogP contribution < -0.4 is 10.6 Å². The molecule has 23 heavy (non-hydrogen) atoms. The van der Waals surface area contributed by atoms with Gasteiger partial charge in [0.2, 0.25) is 0 Å². The number of aryl methyl sites for hydroxylation is 2. The molecule has 2 N–H and O–H groups in total. The molecule has 0 radical (unpaired) electrons. The molecule has 1 aliphatic heterocycles. The summed E-state index contributed by atoms with van der Waals surface area (Å²) in [7, 11) is 1.85. The SMILES string of the molecule is CN=C(NCCCc1nc(C)cs1)NC1CCN(C(C)C)CC1.